The summed E-state index contributed by atoms with van der Waals surface area (Å²) in [4.78, 5) is 1.56. The van der Waals surface area contributed by atoms with Crippen LogP contribution in [0.15, 0.2) is 0 Å². The molecular weight excluding hydrogens is 230 g/mol. The monoisotopic (exact) mass is 242 g/mol. The van der Waals surface area contributed by atoms with Crippen molar-refractivity contribution in [3.8, 4) is 0 Å². The van der Waals surface area contributed by atoms with Gasteiger partial charge in [0.2, 0.25) is 10.0 Å². The van der Waals surface area contributed by atoms with Crippen molar-refractivity contribution in [2.75, 3.05) is 13.1 Å². The molecule has 0 amide bonds. The molecule has 0 spiro atoms. The Morgan fingerprint density at radius 1 is 1.06 bits per heavy atom. The molecule has 0 aromatic heterocycles. The quantitative estimate of drug-likeness (QED) is 0.547. The fraction of sp³-hybridized carbons (Fsp3) is 1.00. The van der Waals surface area contributed by atoms with Gasteiger partial charge in [0.25, 0.3) is 0 Å². The lowest BCUT2D eigenvalue weighted by Crippen LogP contribution is -2.61. The molecule has 2 N–H and O–H groups in total. The second kappa shape index (κ2) is 4.70. The van der Waals surface area contributed by atoms with Crippen LogP contribution in [0.4, 0.5) is 0 Å². The normalized spacial score (nSPS) is 21.5. The van der Waals surface area contributed by atoms with Crippen LogP contribution < -0.4 is 5.14 Å². The molecular formula is C7H11B5N2O2S. The van der Waals surface area contributed by atoms with Crippen molar-refractivity contribution >= 4 is 49.3 Å². The van der Waals surface area contributed by atoms with Crippen LogP contribution >= 0.6 is 0 Å². The van der Waals surface area contributed by atoms with E-state index in [2.05, 4.69) is 0 Å². The maximum Gasteiger partial charge on any atom is 0.212 e. The lowest BCUT2D eigenvalue weighted by Gasteiger charge is -2.52. The third-order valence-corrected chi connectivity index (χ3v) is 4.52. The summed E-state index contributed by atoms with van der Waals surface area (Å²) in [7, 11) is 24.5. The molecule has 0 aromatic rings. The molecule has 1 aliphatic rings. The van der Waals surface area contributed by atoms with E-state index in [0.29, 0.717) is 25.9 Å². The number of primary sulfonamides is 1. The van der Waals surface area contributed by atoms with Crippen molar-refractivity contribution in [2.45, 2.75) is 28.5 Å². The highest BCUT2D eigenvalue weighted by molar-refractivity contribution is 7.89. The van der Waals surface area contributed by atoms with Gasteiger partial charge in [0.1, 0.15) is 0 Å². The van der Waals surface area contributed by atoms with E-state index in [9.17, 15) is 8.42 Å². The third kappa shape index (κ3) is 3.35. The molecule has 82 valence electrons. The highest BCUT2D eigenvalue weighted by atomic mass is 32.2. The second-order valence-corrected chi connectivity index (χ2v) is 6.38. The number of sulfonamides is 1. The lowest BCUT2D eigenvalue weighted by atomic mass is 9.26. The number of nitrogens with two attached hydrogens (primary N) is 1. The SMILES string of the molecule is [B]C([B])([B])C([B])([B])N1CCC(S(N)(=O)=O)CC1. The molecule has 0 aromatic carbocycles. The summed E-state index contributed by atoms with van der Waals surface area (Å²) in [5, 5.41) is 1.10. The number of nitrogens with zero attached hydrogens (tertiary/aromatic N) is 1. The molecule has 0 aliphatic carbocycles. The van der Waals surface area contributed by atoms with Gasteiger partial charge in [-0.2, -0.15) is 0 Å². The first-order valence-electron chi connectivity index (χ1n) is 5.17. The molecule has 4 nitrogen and oxygen atoms in total. The second-order valence-electron chi connectivity index (χ2n) is 4.53. The number of rotatable bonds is 3. The summed E-state index contributed by atoms with van der Waals surface area (Å²) < 4.78 is 22.3. The Hall–Kier alpha value is 0.195. The van der Waals surface area contributed by atoms with Gasteiger partial charge in [-0.25, -0.2) is 13.6 Å². The first kappa shape index (κ1) is 15.3. The van der Waals surface area contributed by atoms with E-state index < -0.39 is 25.7 Å². The summed E-state index contributed by atoms with van der Waals surface area (Å²) in [5.74, 6) is 0. The lowest BCUT2D eigenvalue weighted by molar-refractivity contribution is 0.185. The Bertz CT molecular complexity index is 372. The summed E-state index contributed by atoms with van der Waals surface area (Å²) in [6.45, 7) is 0.642. The summed E-state index contributed by atoms with van der Waals surface area (Å²) >= 11 is 0. The molecule has 0 unspecified atom stereocenters. The van der Waals surface area contributed by atoms with E-state index in [1.54, 1.807) is 4.90 Å². The molecule has 0 atom stereocenters. The van der Waals surface area contributed by atoms with Crippen LogP contribution in [0.5, 0.6) is 0 Å². The van der Waals surface area contributed by atoms with Crippen LogP contribution in [0.25, 0.3) is 0 Å². The fourth-order valence-corrected chi connectivity index (χ4v) is 2.70. The molecule has 1 saturated heterocycles. The van der Waals surface area contributed by atoms with Gasteiger partial charge in [0, 0.05) is 0 Å². The summed E-state index contributed by atoms with van der Waals surface area (Å²) in [6.07, 6.45) is 0.649. The van der Waals surface area contributed by atoms with Gasteiger partial charge in [-0.3, -0.25) is 0 Å². The van der Waals surface area contributed by atoms with Crippen LogP contribution in [0.3, 0.4) is 0 Å². The van der Waals surface area contributed by atoms with Gasteiger partial charge in [-0.1, -0.05) is 5.34 Å². The first-order valence-corrected chi connectivity index (χ1v) is 6.78. The maximum absolute atomic E-state index is 11.2. The van der Waals surface area contributed by atoms with E-state index in [4.69, 9.17) is 44.4 Å². The molecule has 1 aliphatic heterocycles. The van der Waals surface area contributed by atoms with Crippen molar-refractivity contribution in [2.24, 2.45) is 5.14 Å². The molecule has 1 fully saturated rings. The Morgan fingerprint density at radius 2 is 1.47 bits per heavy atom. The average Bonchev–Trinajstić information content (AvgIpc) is 2.15. The van der Waals surface area contributed by atoms with Crippen molar-refractivity contribution in [1.82, 2.24) is 4.90 Å². The van der Waals surface area contributed by atoms with Gasteiger partial charge < -0.3 is 4.90 Å². The van der Waals surface area contributed by atoms with Gasteiger partial charge in [0.05, 0.1) is 44.5 Å². The summed E-state index contributed by atoms with van der Waals surface area (Å²) in [6, 6.07) is 0. The Morgan fingerprint density at radius 3 is 1.76 bits per heavy atom. The van der Waals surface area contributed by atoms with E-state index in [-0.39, 0.29) is 0 Å². The zero-order valence-electron chi connectivity index (χ0n) is 9.54. The predicted octanol–water partition coefficient (Wildman–Crippen LogP) is -2.69. The highest BCUT2D eigenvalue weighted by Gasteiger charge is 2.38. The Labute approximate surface area is 110 Å². The minimum atomic E-state index is -3.53. The van der Waals surface area contributed by atoms with Gasteiger partial charge >= 0.3 is 0 Å². The standard InChI is InChI=1S/C7H11B5N2O2S/c8-6(9,10)7(11,12)14-3-1-5(2-4-14)17(13,15)16/h5H,1-4H2,(H2,13,15,16). The van der Waals surface area contributed by atoms with Crippen LogP contribution in [0.2, 0.25) is 5.11 Å². The van der Waals surface area contributed by atoms with Crippen molar-refractivity contribution in [3.05, 3.63) is 0 Å². The first-order chi connectivity index (χ1) is 7.46. The highest BCUT2D eigenvalue weighted by Crippen LogP contribution is 2.31. The molecule has 10 radical (unpaired) electrons. The number of hydrogen-bond acceptors (Lipinski definition) is 3. The maximum atomic E-state index is 11.2. The molecule has 1 heterocycles. The van der Waals surface area contributed by atoms with E-state index in [1.165, 1.54) is 0 Å². The molecule has 17 heavy (non-hydrogen) atoms. The van der Waals surface area contributed by atoms with Crippen molar-refractivity contribution < 1.29 is 8.42 Å². The van der Waals surface area contributed by atoms with Gasteiger partial charge in [0.15, 0.2) is 0 Å². The topological polar surface area (TPSA) is 63.4 Å². The number of likely N-dealkylation sites (tertiary alicyclic amines) is 1. The van der Waals surface area contributed by atoms with Crippen LogP contribution in [0, 0.1) is 0 Å². The third-order valence-electron chi connectivity index (χ3n) is 3.12. The van der Waals surface area contributed by atoms with E-state index >= 15 is 0 Å². The molecule has 10 heteroatoms. The smallest absolute Gasteiger partial charge is 0.212 e. The Balaban J connectivity index is 2.71. The van der Waals surface area contributed by atoms with Crippen LogP contribution in [0.1, 0.15) is 12.8 Å². The van der Waals surface area contributed by atoms with E-state index in [0.717, 1.165) is 0 Å². The van der Waals surface area contributed by atoms with Crippen LogP contribution in [-0.4, -0.2) is 76.2 Å². The molecule has 0 bridgehead atoms. The summed E-state index contributed by atoms with van der Waals surface area (Å²) in [5.41, 5.74) is 0. The minimum absolute atomic E-state index is 0.321. The predicted molar refractivity (Wildman–Crippen MR) is 71.9 cm³/mol. The zero-order valence-corrected chi connectivity index (χ0v) is 10.4. The zero-order chi connectivity index (χ0) is 13.5. The van der Waals surface area contributed by atoms with E-state index in [1.807, 2.05) is 0 Å². The van der Waals surface area contributed by atoms with Gasteiger partial charge in [-0.05, 0) is 25.9 Å². The van der Waals surface area contributed by atoms with Crippen molar-refractivity contribution in [1.29, 1.82) is 0 Å². The average molecular weight is 241 g/mol. The largest absolute Gasteiger partial charge is 0.316 e. The number of hydrogen-bond donors (Lipinski definition) is 1. The number of piperidine rings is 1. The molecule has 0 saturated carbocycles. The van der Waals surface area contributed by atoms with Crippen molar-refractivity contribution in [3.63, 3.8) is 0 Å². The fourth-order valence-electron chi connectivity index (χ4n) is 1.83. The van der Waals surface area contributed by atoms with Gasteiger partial charge in [-0.15, -0.1) is 5.11 Å². The van der Waals surface area contributed by atoms with Crippen LogP contribution in [-0.2, 0) is 10.0 Å². The minimum Gasteiger partial charge on any atom is -0.316 e. The molecule has 1 rings (SSSR count). The Kier molecular flexibility index (Phi) is 4.22.